The third-order valence-corrected chi connectivity index (χ3v) is 2.86. The maximum absolute atomic E-state index is 11.9. The summed E-state index contributed by atoms with van der Waals surface area (Å²) < 4.78 is 5.43. The van der Waals surface area contributed by atoms with Crippen LogP contribution in [0.1, 0.15) is 30.9 Å². The van der Waals surface area contributed by atoms with Gasteiger partial charge in [0.25, 0.3) is 0 Å². The number of nitrogens with zero attached hydrogens (tertiary/aromatic N) is 3. The number of amides is 1. The van der Waals surface area contributed by atoms with E-state index in [2.05, 4.69) is 9.97 Å². The van der Waals surface area contributed by atoms with E-state index in [-0.39, 0.29) is 11.9 Å². The number of hydrogen-bond donors (Lipinski definition) is 0. The second kappa shape index (κ2) is 5.23. The molecule has 1 aliphatic rings. The molecule has 92 valence electrons. The molecular formula is C12H17N3O2. The Morgan fingerprint density at radius 2 is 2.47 bits per heavy atom. The van der Waals surface area contributed by atoms with Gasteiger partial charge in [-0.3, -0.25) is 4.79 Å². The van der Waals surface area contributed by atoms with Crippen molar-refractivity contribution >= 4 is 5.91 Å². The van der Waals surface area contributed by atoms with E-state index in [4.69, 9.17) is 4.74 Å². The van der Waals surface area contributed by atoms with E-state index in [1.165, 1.54) is 0 Å². The molecule has 1 fully saturated rings. The largest absolute Gasteiger partial charge is 0.377 e. The van der Waals surface area contributed by atoms with Crippen molar-refractivity contribution in [2.24, 2.45) is 0 Å². The second-order valence-electron chi connectivity index (χ2n) is 4.09. The monoisotopic (exact) mass is 235 g/mol. The highest BCUT2D eigenvalue weighted by Crippen LogP contribution is 2.21. The van der Waals surface area contributed by atoms with Crippen LogP contribution in [-0.4, -0.2) is 40.5 Å². The van der Waals surface area contributed by atoms with Gasteiger partial charge in [-0.25, -0.2) is 9.97 Å². The van der Waals surface area contributed by atoms with Gasteiger partial charge in [0.05, 0.1) is 13.2 Å². The van der Waals surface area contributed by atoms with Gasteiger partial charge in [0, 0.05) is 24.9 Å². The lowest BCUT2D eigenvalue weighted by Gasteiger charge is -2.34. The summed E-state index contributed by atoms with van der Waals surface area (Å²) in [4.78, 5) is 22.3. The molecule has 5 heteroatoms. The zero-order valence-electron chi connectivity index (χ0n) is 10.2. The molecule has 1 saturated heterocycles. The molecule has 5 nitrogen and oxygen atoms in total. The lowest BCUT2D eigenvalue weighted by atomic mass is 10.2. The van der Waals surface area contributed by atoms with Crippen LogP contribution in [-0.2, 0) is 9.53 Å². The molecule has 0 spiro atoms. The van der Waals surface area contributed by atoms with Gasteiger partial charge in [-0.05, 0) is 13.0 Å². The van der Waals surface area contributed by atoms with Crippen LogP contribution in [0.3, 0.4) is 0 Å². The minimum Gasteiger partial charge on any atom is -0.377 e. The SMILES string of the molecule is CCC(=O)N1CCOCC1c1nccc(C)n1. The molecule has 2 rings (SSSR count). The molecule has 0 N–H and O–H groups in total. The molecule has 0 radical (unpaired) electrons. The highest BCUT2D eigenvalue weighted by molar-refractivity contribution is 5.76. The Balaban J connectivity index is 2.24. The van der Waals surface area contributed by atoms with Crippen molar-refractivity contribution in [1.29, 1.82) is 0 Å². The van der Waals surface area contributed by atoms with Crippen molar-refractivity contribution in [3.05, 3.63) is 23.8 Å². The van der Waals surface area contributed by atoms with Crippen LogP contribution >= 0.6 is 0 Å². The zero-order chi connectivity index (χ0) is 12.3. The summed E-state index contributed by atoms with van der Waals surface area (Å²) >= 11 is 0. The van der Waals surface area contributed by atoms with E-state index >= 15 is 0 Å². The summed E-state index contributed by atoms with van der Waals surface area (Å²) in [7, 11) is 0. The van der Waals surface area contributed by atoms with Gasteiger partial charge < -0.3 is 9.64 Å². The second-order valence-corrected chi connectivity index (χ2v) is 4.09. The molecule has 1 atom stereocenters. The predicted octanol–water partition coefficient (Wildman–Crippen LogP) is 1.09. The lowest BCUT2D eigenvalue weighted by molar-refractivity contribution is -0.140. The molecule has 0 bridgehead atoms. The van der Waals surface area contributed by atoms with Crippen molar-refractivity contribution in [3.63, 3.8) is 0 Å². The van der Waals surface area contributed by atoms with Crippen LogP contribution in [0.2, 0.25) is 0 Å². The summed E-state index contributed by atoms with van der Waals surface area (Å²) in [5, 5.41) is 0. The molecule has 0 saturated carbocycles. The van der Waals surface area contributed by atoms with Gasteiger partial charge in [0.15, 0.2) is 5.82 Å². The lowest BCUT2D eigenvalue weighted by Crippen LogP contribution is -2.43. The molecule has 17 heavy (non-hydrogen) atoms. The number of carbonyl (C=O) groups excluding carboxylic acids is 1. The molecule has 2 heterocycles. The van der Waals surface area contributed by atoms with Gasteiger partial charge in [0.1, 0.15) is 6.04 Å². The molecular weight excluding hydrogens is 218 g/mol. The average Bonchev–Trinajstić information content (AvgIpc) is 2.38. The van der Waals surface area contributed by atoms with Crippen molar-refractivity contribution in [1.82, 2.24) is 14.9 Å². The van der Waals surface area contributed by atoms with Gasteiger partial charge in [-0.15, -0.1) is 0 Å². The van der Waals surface area contributed by atoms with E-state index < -0.39 is 0 Å². The van der Waals surface area contributed by atoms with Crippen LogP contribution in [0.5, 0.6) is 0 Å². The van der Waals surface area contributed by atoms with Crippen LogP contribution in [0.4, 0.5) is 0 Å². The van der Waals surface area contributed by atoms with E-state index in [0.29, 0.717) is 32.0 Å². The molecule has 0 aromatic carbocycles. The summed E-state index contributed by atoms with van der Waals surface area (Å²) in [5.41, 5.74) is 0.907. The Kier molecular flexibility index (Phi) is 3.68. The van der Waals surface area contributed by atoms with Gasteiger partial charge in [-0.1, -0.05) is 6.92 Å². The minimum atomic E-state index is -0.143. The quantitative estimate of drug-likeness (QED) is 0.770. The normalized spacial score (nSPS) is 20.4. The fourth-order valence-corrected chi connectivity index (χ4v) is 1.95. The number of morpholine rings is 1. The number of rotatable bonds is 2. The van der Waals surface area contributed by atoms with E-state index in [0.717, 1.165) is 5.69 Å². The predicted molar refractivity (Wildman–Crippen MR) is 62.3 cm³/mol. The van der Waals surface area contributed by atoms with E-state index in [1.807, 2.05) is 24.8 Å². The van der Waals surface area contributed by atoms with Crippen molar-refractivity contribution in [3.8, 4) is 0 Å². The van der Waals surface area contributed by atoms with Crippen molar-refractivity contribution in [2.75, 3.05) is 19.8 Å². The number of carbonyl (C=O) groups is 1. The van der Waals surface area contributed by atoms with Crippen molar-refractivity contribution < 1.29 is 9.53 Å². The van der Waals surface area contributed by atoms with Gasteiger partial charge >= 0.3 is 0 Å². The zero-order valence-corrected chi connectivity index (χ0v) is 10.2. The first-order valence-electron chi connectivity index (χ1n) is 5.89. The van der Waals surface area contributed by atoms with E-state index in [1.54, 1.807) is 6.20 Å². The summed E-state index contributed by atoms with van der Waals surface area (Å²) in [6.45, 7) is 5.48. The Morgan fingerprint density at radius 1 is 1.65 bits per heavy atom. The first kappa shape index (κ1) is 12.0. The Hall–Kier alpha value is -1.49. The third-order valence-electron chi connectivity index (χ3n) is 2.86. The highest BCUT2D eigenvalue weighted by Gasteiger charge is 2.29. The fraction of sp³-hybridized carbons (Fsp3) is 0.583. The Morgan fingerprint density at radius 3 is 3.18 bits per heavy atom. The average molecular weight is 235 g/mol. The fourth-order valence-electron chi connectivity index (χ4n) is 1.95. The van der Waals surface area contributed by atoms with Crippen LogP contribution in [0.25, 0.3) is 0 Å². The Bertz CT molecular complexity index is 408. The van der Waals surface area contributed by atoms with Crippen LogP contribution < -0.4 is 0 Å². The maximum Gasteiger partial charge on any atom is 0.223 e. The third kappa shape index (κ3) is 2.61. The van der Waals surface area contributed by atoms with Crippen LogP contribution in [0.15, 0.2) is 12.3 Å². The first-order valence-corrected chi connectivity index (χ1v) is 5.89. The maximum atomic E-state index is 11.9. The molecule has 1 amide bonds. The van der Waals surface area contributed by atoms with E-state index in [9.17, 15) is 4.79 Å². The molecule has 1 aliphatic heterocycles. The summed E-state index contributed by atoms with van der Waals surface area (Å²) in [6.07, 6.45) is 2.23. The number of ether oxygens (including phenoxy) is 1. The topological polar surface area (TPSA) is 55.3 Å². The standard InChI is InChI=1S/C12H17N3O2/c1-3-11(16)15-6-7-17-8-10(15)12-13-5-4-9(2)14-12/h4-5,10H,3,6-8H2,1-2H3. The van der Waals surface area contributed by atoms with Crippen LogP contribution in [0, 0.1) is 6.92 Å². The number of aromatic nitrogens is 2. The summed E-state index contributed by atoms with van der Waals surface area (Å²) in [5.74, 6) is 0.801. The first-order chi connectivity index (χ1) is 8.22. The van der Waals surface area contributed by atoms with Gasteiger partial charge in [0.2, 0.25) is 5.91 Å². The summed E-state index contributed by atoms with van der Waals surface area (Å²) in [6, 6.07) is 1.70. The molecule has 0 aliphatic carbocycles. The molecule has 1 aromatic heterocycles. The Labute approximate surface area is 101 Å². The van der Waals surface area contributed by atoms with Crippen molar-refractivity contribution in [2.45, 2.75) is 26.3 Å². The number of aryl methyl sites for hydroxylation is 1. The highest BCUT2D eigenvalue weighted by atomic mass is 16.5. The number of hydrogen-bond acceptors (Lipinski definition) is 4. The van der Waals surface area contributed by atoms with Gasteiger partial charge in [-0.2, -0.15) is 0 Å². The smallest absolute Gasteiger partial charge is 0.223 e. The molecule has 1 aromatic rings. The molecule has 1 unspecified atom stereocenters. The minimum absolute atomic E-state index is 0.128.